The van der Waals surface area contributed by atoms with Crippen molar-refractivity contribution in [2.75, 3.05) is 13.2 Å². The zero-order valence-corrected chi connectivity index (χ0v) is 12.9. The minimum atomic E-state index is -0.534. The Morgan fingerprint density at radius 3 is 2.86 bits per heavy atom. The summed E-state index contributed by atoms with van der Waals surface area (Å²) in [5, 5.41) is 0. The van der Waals surface area contributed by atoms with Gasteiger partial charge in [0.15, 0.2) is 5.72 Å². The fraction of sp³-hybridized carbons (Fsp3) is 0.211. The van der Waals surface area contributed by atoms with Crippen molar-refractivity contribution in [1.29, 1.82) is 0 Å². The van der Waals surface area contributed by atoms with Crippen molar-refractivity contribution in [2.24, 2.45) is 0 Å². The molecule has 2 heterocycles. The molecule has 5 rings (SSSR count). The van der Waals surface area contributed by atoms with Gasteiger partial charge in [0.1, 0.15) is 4.99 Å². The van der Waals surface area contributed by atoms with E-state index in [4.69, 9.17) is 17.0 Å². The Morgan fingerprint density at radius 1 is 1.05 bits per heavy atom. The summed E-state index contributed by atoms with van der Waals surface area (Å²) in [7, 11) is 0. The minimum absolute atomic E-state index is 0.534. The van der Waals surface area contributed by atoms with Gasteiger partial charge >= 0.3 is 0 Å². The van der Waals surface area contributed by atoms with Gasteiger partial charge in [-0.1, -0.05) is 66.8 Å². The van der Waals surface area contributed by atoms with Crippen LogP contribution in [0.2, 0.25) is 0 Å². The molecule has 0 spiro atoms. The average molecular weight is 305 g/mol. The van der Waals surface area contributed by atoms with Crippen LogP contribution < -0.4 is 0 Å². The lowest BCUT2D eigenvalue weighted by atomic mass is 9.89. The molecule has 2 aromatic rings. The number of nitrogens with zero attached hydrogens (tertiary/aromatic N) is 1. The molecule has 22 heavy (non-hydrogen) atoms. The summed E-state index contributed by atoms with van der Waals surface area (Å²) in [5.41, 5.74) is 5.69. The van der Waals surface area contributed by atoms with E-state index < -0.39 is 5.72 Å². The van der Waals surface area contributed by atoms with E-state index >= 15 is 0 Å². The topological polar surface area (TPSA) is 12.5 Å². The number of hydrogen-bond acceptors (Lipinski definition) is 2. The van der Waals surface area contributed by atoms with Crippen molar-refractivity contribution in [3.05, 3.63) is 76.4 Å². The molecular formula is C19H15NOS. The number of fused-ring (bicyclic) bond motifs is 4. The molecule has 1 aliphatic carbocycles. The Labute approximate surface area is 135 Å². The van der Waals surface area contributed by atoms with Gasteiger partial charge in [-0.05, 0) is 17.5 Å². The van der Waals surface area contributed by atoms with Crippen LogP contribution in [-0.4, -0.2) is 23.0 Å². The van der Waals surface area contributed by atoms with Crippen LogP contribution in [0, 0.1) is 0 Å². The Kier molecular flexibility index (Phi) is 2.44. The SMILES string of the molecule is S=C1c2ccccc2C2(c3cccc4c3C=CC4)OCCN12. The van der Waals surface area contributed by atoms with Gasteiger partial charge in [0.05, 0.1) is 6.61 Å². The fourth-order valence-corrected chi connectivity index (χ4v) is 4.45. The second-order valence-electron chi connectivity index (χ2n) is 5.98. The lowest BCUT2D eigenvalue weighted by molar-refractivity contribution is -0.0157. The molecule has 2 aromatic carbocycles. The zero-order valence-electron chi connectivity index (χ0n) is 12.1. The Hall–Kier alpha value is -1.97. The second kappa shape index (κ2) is 4.28. The highest BCUT2D eigenvalue weighted by Crippen LogP contribution is 2.50. The zero-order chi connectivity index (χ0) is 14.7. The monoisotopic (exact) mass is 305 g/mol. The third-order valence-electron chi connectivity index (χ3n) is 4.96. The second-order valence-corrected chi connectivity index (χ2v) is 6.37. The molecule has 108 valence electrons. The van der Waals surface area contributed by atoms with Gasteiger partial charge in [0, 0.05) is 23.2 Å². The lowest BCUT2D eigenvalue weighted by Crippen LogP contribution is -2.40. The highest BCUT2D eigenvalue weighted by Gasteiger charge is 2.54. The normalized spacial score (nSPS) is 24.5. The summed E-state index contributed by atoms with van der Waals surface area (Å²) in [6.07, 6.45) is 5.46. The summed E-state index contributed by atoms with van der Waals surface area (Å²) >= 11 is 5.74. The van der Waals surface area contributed by atoms with E-state index in [0.717, 1.165) is 23.5 Å². The summed E-state index contributed by atoms with van der Waals surface area (Å²) < 4.78 is 6.38. The first-order chi connectivity index (χ1) is 10.8. The molecule has 3 heteroatoms. The minimum Gasteiger partial charge on any atom is -0.345 e. The van der Waals surface area contributed by atoms with Gasteiger partial charge < -0.3 is 9.64 Å². The quantitative estimate of drug-likeness (QED) is 0.749. The summed E-state index contributed by atoms with van der Waals surface area (Å²) in [5.74, 6) is 0. The summed E-state index contributed by atoms with van der Waals surface area (Å²) in [4.78, 5) is 3.17. The van der Waals surface area contributed by atoms with E-state index in [-0.39, 0.29) is 0 Å². The van der Waals surface area contributed by atoms with Crippen molar-refractivity contribution < 1.29 is 4.74 Å². The fourth-order valence-electron chi connectivity index (χ4n) is 4.05. The van der Waals surface area contributed by atoms with Gasteiger partial charge in [-0.15, -0.1) is 0 Å². The number of ether oxygens (including phenoxy) is 1. The molecule has 0 aromatic heterocycles. The molecule has 2 nitrogen and oxygen atoms in total. The molecule has 1 atom stereocenters. The number of allylic oxidation sites excluding steroid dienone is 1. The molecule has 2 aliphatic heterocycles. The Bertz CT molecular complexity index is 841. The van der Waals surface area contributed by atoms with Crippen molar-refractivity contribution >= 4 is 23.3 Å². The Morgan fingerprint density at radius 2 is 1.91 bits per heavy atom. The first kappa shape index (κ1) is 12.6. The predicted octanol–water partition coefficient (Wildman–Crippen LogP) is 3.48. The van der Waals surface area contributed by atoms with E-state index in [1.54, 1.807) is 0 Å². The van der Waals surface area contributed by atoms with Crippen LogP contribution in [0.25, 0.3) is 6.08 Å². The highest BCUT2D eigenvalue weighted by atomic mass is 32.1. The number of thiocarbonyl (C=S) groups is 1. The van der Waals surface area contributed by atoms with Crippen LogP contribution in [0.15, 0.2) is 48.5 Å². The standard InChI is InChI=1S/C19H15NOS/c22-18-15-7-1-2-9-17(15)19(20(18)11-12-21-19)16-10-4-6-13-5-3-8-14(13)16/h1-4,6-10H,5,11-12H2. The van der Waals surface area contributed by atoms with E-state index in [9.17, 15) is 0 Å². The van der Waals surface area contributed by atoms with Gasteiger partial charge in [-0.25, -0.2) is 0 Å². The van der Waals surface area contributed by atoms with Crippen molar-refractivity contribution in [2.45, 2.75) is 12.1 Å². The van der Waals surface area contributed by atoms with Crippen LogP contribution in [0.3, 0.4) is 0 Å². The van der Waals surface area contributed by atoms with E-state index in [1.807, 2.05) is 0 Å². The van der Waals surface area contributed by atoms with Crippen LogP contribution in [0.1, 0.15) is 27.8 Å². The molecule has 1 unspecified atom stereocenters. The number of benzene rings is 2. The lowest BCUT2D eigenvalue weighted by Gasteiger charge is -2.34. The average Bonchev–Trinajstić information content (AvgIpc) is 3.24. The van der Waals surface area contributed by atoms with Crippen molar-refractivity contribution in [3.63, 3.8) is 0 Å². The molecule has 0 saturated carbocycles. The van der Waals surface area contributed by atoms with Crippen LogP contribution >= 0.6 is 12.2 Å². The molecule has 0 bridgehead atoms. The predicted molar refractivity (Wildman–Crippen MR) is 90.8 cm³/mol. The largest absolute Gasteiger partial charge is 0.345 e. The smallest absolute Gasteiger partial charge is 0.196 e. The van der Waals surface area contributed by atoms with Gasteiger partial charge in [-0.3, -0.25) is 0 Å². The van der Waals surface area contributed by atoms with Crippen LogP contribution in [0.5, 0.6) is 0 Å². The molecule has 1 saturated heterocycles. The molecule has 0 radical (unpaired) electrons. The first-order valence-corrected chi connectivity index (χ1v) is 8.07. The van der Waals surface area contributed by atoms with Gasteiger partial charge in [0.25, 0.3) is 0 Å². The Balaban J connectivity index is 1.85. The molecule has 3 aliphatic rings. The highest BCUT2D eigenvalue weighted by molar-refractivity contribution is 7.80. The van der Waals surface area contributed by atoms with E-state index in [2.05, 4.69) is 59.5 Å². The van der Waals surface area contributed by atoms with Crippen molar-refractivity contribution in [1.82, 2.24) is 4.90 Å². The van der Waals surface area contributed by atoms with Gasteiger partial charge in [-0.2, -0.15) is 0 Å². The van der Waals surface area contributed by atoms with Crippen molar-refractivity contribution in [3.8, 4) is 0 Å². The van der Waals surface area contributed by atoms with Gasteiger partial charge in [0.2, 0.25) is 0 Å². The molecule has 1 fully saturated rings. The maximum absolute atomic E-state index is 6.38. The maximum Gasteiger partial charge on any atom is 0.196 e. The number of rotatable bonds is 1. The molecular weight excluding hydrogens is 290 g/mol. The summed E-state index contributed by atoms with van der Waals surface area (Å²) in [6.45, 7) is 1.56. The summed E-state index contributed by atoms with van der Waals surface area (Å²) in [6, 6.07) is 14.9. The molecule has 0 N–H and O–H groups in total. The van der Waals surface area contributed by atoms with Crippen LogP contribution in [0.4, 0.5) is 0 Å². The third-order valence-corrected chi connectivity index (χ3v) is 5.40. The molecule has 0 amide bonds. The maximum atomic E-state index is 6.38. The van der Waals surface area contributed by atoms with Crippen LogP contribution in [-0.2, 0) is 16.9 Å². The van der Waals surface area contributed by atoms with E-state index in [1.165, 1.54) is 22.3 Å². The number of hydrogen-bond donors (Lipinski definition) is 0. The third kappa shape index (κ3) is 1.36. The van der Waals surface area contributed by atoms with E-state index in [0.29, 0.717) is 6.61 Å². The first-order valence-electron chi connectivity index (χ1n) is 7.67.